The smallest absolute Gasteiger partial charge is 0.345 e. The van der Waals surface area contributed by atoms with Crippen molar-refractivity contribution in [2.45, 2.75) is 58.3 Å². The standard InChI is InChI=1S/C30H33Cl2N3O4/c1-2-3-4-5-6-7-8-13-28(36)33-20-29(37)35-34-19-25-23-12-10-9-11-21(23)14-17-27(25)39-30(38)24-16-15-22(31)18-26(24)32/h9-12,14-19H,2-8,13,20H2,1H3,(H,33,36)(H,35,37)/b34-19+. The fourth-order valence-electron chi connectivity index (χ4n) is 4.03. The summed E-state index contributed by atoms with van der Waals surface area (Å²) >= 11 is 12.1. The van der Waals surface area contributed by atoms with Gasteiger partial charge in [-0.05, 0) is 41.5 Å². The van der Waals surface area contributed by atoms with Gasteiger partial charge in [-0.1, -0.05) is 99.0 Å². The van der Waals surface area contributed by atoms with Crippen molar-refractivity contribution in [3.63, 3.8) is 0 Å². The predicted molar refractivity (Wildman–Crippen MR) is 157 cm³/mol. The summed E-state index contributed by atoms with van der Waals surface area (Å²) in [5.74, 6) is -1.04. The van der Waals surface area contributed by atoms with Gasteiger partial charge in [0.15, 0.2) is 0 Å². The van der Waals surface area contributed by atoms with Gasteiger partial charge < -0.3 is 10.1 Å². The molecule has 0 atom stereocenters. The van der Waals surface area contributed by atoms with Gasteiger partial charge in [0.05, 0.1) is 23.3 Å². The molecule has 3 aromatic rings. The summed E-state index contributed by atoms with van der Waals surface area (Å²) in [4.78, 5) is 37.1. The molecule has 0 unspecified atom stereocenters. The minimum atomic E-state index is -0.658. The number of fused-ring (bicyclic) bond motifs is 1. The topological polar surface area (TPSA) is 96.9 Å². The molecule has 206 valence electrons. The first-order chi connectivity index (χ1) is 18.9. The van der Waals surface area contributed by atoms with Crippen molar-refractivity contribution in [2.24, 2.45) is 5.10 Å². The van der Waals surface area contributed by atoms with Crippen LogP contribution in [0.2, 0.25) is 10.0 Å². The Balaban J connectivity index is 1.58. The number of carbonyl (C=O) groups is 3. The van der Waals surface area contributed by atoms with Gasteiger partial charge in [0.25, 0.3) is 5.91 Å². The lowest BCUT2D eigenvalue weighted by Gasteiger charge is -2.11. The van der Waals surface area contributed by atoms with Crippen LogP contribution in [-0.4, -0.2) is 30.5 Å². The maximum atomic E-state index is 12.8. The number of halogens is 2. The van der Waals surface area contributed by atoms with Gasteiger partial charge in [0, 0.05) is 17.0 Å². The number of esters is 1. The number of amides is 2. The highest BCUT2D eigenvalue weighted by molar-refractivity contribution is 6.36. The molecule has 2 amide bonds. The number of benzene rings is 3. The quantitative estimate of drug-likeness (QED) is 0.0712. The molecule has 0 aliphatic carbocycles. The molecule has 3 aromatic carbocycles. The molecule has 0 aliphatic heterocycles. The number of hydrazone groups is 1. The summed E-state index contributed by atoms with van der Waals surface area (Å²) < 4.78 is 5.64. The molecule has 0 radical (unpaired) electrons. The fraction of sp³-hybridized carbons (Fsp3) is 0.333. The van der Waals surface area contributed by atoms with E-state index in [0.717, 1.165) is 30.0 Å². The maximum Gasteiger partial charge on any atom is 0.345 e. The minimum absolute atomic E-state index is 0.160. The van der Waals surface area contributed by atoms with Gasteiger partial charge >= 0.3 is 5.97 Å². The number of ether oxygens (including phenoxy) is 1. The van der Waals surface area contributed by atoms with Crippen molar-refractivity contribution >= 4 is 58.0 Å². The molecular formula is C30H33Cl2N3O4. The van der Waals surface area contributed by atoms with Crippen LogP contribution in [0.25, 0.3) is 10.8 Å². The molecule has 0 fully saturated rings. The summed E-state index contributed by atoms with van der Waals surface area (Å²) in [5.41, 5.74) is 3.07. The van der Waals surface area contributed by atoms with Crippen LogP contribution in [0.15, 0.2) is 59.7 Å². The highest BCUT2D eigenvalue weighted by Gasteiger charge is 2.16. The molecule has 0 heterocycles. The zero-order valence-corrected chi connectivity index (χ0v) is 23.5. The lowest BCUT2D eigenvalue weighted by Crippen LogP contribution is -2.34. The van der Waals surface area contributed by atoms with Crippen LogP contribution < -0.4 is 15.5 Å². The molecule has 3 rings (SSSR count). The second kappa shape index (κ2) is 15.9. The Hall–Kier alpha value is -3.42. The second-order valence-electron chi connectivity index (χ2n) is 9.15. The van der Waals surface area contributed by atoms with Gasteiger partial charge in [-0.3, -0.25) is 9.59 Å². The first kappa shape index (κ1) is 30.1. The van der Waals surface area contributed by atoms with E-state index in [1.807, 2.05) is 30.3 Å². The Morgan fingerprint density at radius 1 is 0.897 bits per heavy atom. The van der Waals surface area contributed by atoms with Gasteiger partial charge in [-0.25, -0.2) is 10.2 Å². The number of nitrogens with zero attached hydrogens (tertiary/aromatic N) is 1. The van der Waals surface area contributed by atoms with Gasteiger partial charge in [-0.15, -0.1) is 0 Å². The molecule has 39 heavy (non-hydrogen) atoms. The normalized spacial score (nSPS) is 11.1. The minimum Gasteiger partial charge on any atom is -0.422 e. The van der Waals surface area contributed by atoms with E-state index < -0.39 is 11.9 Å². The van der Waals surface area contributed by atoms with Crippen molar-refractivity contribution < 1.29 is 19.1 Å². The van der Waals surface area contributed by atoms with Gasteiger partial charge in [-0.2, -0.15) is 5.10 Å². The van der Waals surface area contributed by atoms with Crippen LogP contribution in [0, 0.1) is 0 Å². The highest BCUT2D eigenvalue weighted by Crippen LogP contribution is 2.29. The molecule has 0 aliphatic rings. The van der Waals surface area contributed by atoms with Crippen molar-refractivity contribution in [1.82, 2.24) is 10.7 Å². The fourth-order valence-corrected chi connectivity index (χ4v) is 4.51. The van der Waals surface area contributed by atoms with E-state index in [0.29, 0.717) is 17.0 Å². The van der Waals surface area contributed by atoms with E-state index in [-0.39, 0.29) is 28.8 Å². The third kappa shape index (κ3) is 9.68. The highest BCUT2D eigenvalue weighted by atomic mass is 35.5. The van der Waals surface area contributed by atoms with E-state index in [1.54, 1.807) is 12.1 Å². The second-order valence-corrected chi connectivity index (χ2v) is 10.00. The largest absolute Gasteiger partial charge is 0.422 e. The number of nitrogens with one attached hydrogen (secondary N) is 2. The van der Waals surface area contributed by atoms with E-state index in [9.17, 15) is 14.4 Å². The first-order valence-corrected chi connectivity index (χ1v) is 13.9. The molecule has 0 spiro atoms. The monoisotopic (exact) mass is 569 g/mol. The van der Waals surface area contributed by atoms with Crippen LogP contribution in [0.5, 0.6) is 5.75 Å². The summed E-state index contributed by atoms with van der Waals surface area (Å²) in [6.07, 6.45) is 9.65. The van der Waals surface area contributed by atoms with Gasteiger partial charge in [0.2, 0.25) is 5.91 Å². The Morgan fingerprint density at radius 3 is 2.41 bits per heavy atom. The Kier molecular flexibility index (Phi) is 12.3. The summed E-state index contributed by atoms with van der Waals surface area (Å²) in [5, 5.41) is 8.90. The number of hydrogen-bond donors (Lipinski definition) is 2. The zero-order chi connectivity index (χ0) is 28.0. The molecule has 9 heteroatoms. The Bertz CT molecular complexity index is 1330. The number of carbonyl (C=O) groups excluding carboxylic acids is 3. The Labute approximate surface area is 238 Å². The molecule has 0 aromatic heterocycles. The van der Waals surface area contributed by atoms with Crippen LogP contribution in [-0.2, 0) is 9.59 Å². The van der Waals surface area contributed by atoms with Crippen molar-refractivity contribution in [2.75, 3.05) is 6.54 Å². The van der Waals surface area contributed by atoms with Crippen LogP contribution >= 0.6 is 23.2 Å². The van der Waals surface area contributed by atoms with E-state index >= 15 is 0 Å². The molecule has 0 bridgehead atoms. The van der Waals surface area contributed by atoms with E-state index in [4.69, 9.17) is 27.9 Å². The average Bonchev–Trinajstić information content (AvgIpc) is 2.92. The third-order valence-corrected chi connectivity index (χ3v) is 6.67. The number of hydrogen-bond acceptors (Lipinski definition) is 5. The molecule has 0 saturated heterocycles. The maximum absolute atomic E-state index is 12.8. The third-order valence-electron chi connectivity index (χ3n) is 6.12. The lowest BCUT2D eigenvalue weighted by molar-refractivity contribution is -0.126. The zero-order valence-electron chi connectivity index (χ0n) is 22.0. The summed E-state index contributed by atoms with van der Waals surface area (Å²) in [6.45, 7) is 2.00. The SMILES string of the molecule is CCCCCCCCCC(=O)NCC(=O)N/N=C/c1c(OC(=O)c2ccc(Cl)cc2Cl)ccc2ccccc12. The van der Waals surface area contributed by atoms with Crippen LogP contribution in [0.3, 0.4) is 0 Å². The Morgan fingerprint density at radius 2 is 1.64 bits per heavy atom. The van der Waals surface area contributed by atoms with Crippen molar-refractivity contribution in [3.8, 4) is 5.75 Å². The lowest BCUT2D eigenvalue weighted by atomic mass is 10.0. The average molecular weight is 571 g/mol. The summed E-state index contributed by atoms with van der Waals surface area (Å²) in [6, 6.07) is 15.5. The number of rotatable bonds is 14. The van der Waals surface area contributed by atoms with Crippen LogP contribution in [0.1, 0.15) is 74.2 Å². The predicted octanol–water partition coefficient (Wildman–Crippen LogP) is 7.07. The van der Waals surface area contributed by atoms with E-state index in [1.165, 1.54) is 44.0 Å². The van der Waals surface area contributed by atoms with Crippen LogP contribution in [0.4, 0.5) is 0 Å². The van der Waals surface area contributed by atoms with E-state index in [2.05, 4.69) is 22.8 Å². The first-order valence-electron chi connectivity index (χ1n) is 13.2. The molecule has 7 nitrogen and oxygen atoms in total. The summed E-state index contributed by atoms with van der Waals surface area (Å²) in [7, 11) is 0. The molecule has 2 N–H and O–H groups in total. The van der Waals surface area contributed by atoms with Crippen molar-refractivity contribution in [1.29, 1.82) is 0 Å². The van der Waals surface area contributed by atoms with Gasteiger partial charge in [0.1, 0.15) is 5.75 Å². The van der Waals surface area contributed by atoms with Crippen molar-refractivity contribution in [3.05, 3.63) is 75.8 Å². The molecular weight excluding hydrogens is 537 g/mol. The molecule has 0 saturated carbocycles. The number of unbranched alkanes of at least 4 members (excludes halogenated alkanes) is 6.